The van der Waals surface area contributed by atoms with Crippen LogP contribution in [-0.4, -0.2) is 18.6 Å². The molecular weight excluding hydrogens is 196 g/mol. The Bertz CT molecular complexity index is 477. The Hall–Kier alpha value is -1.41. The minimum atomic E-state index is 1.06. The fourth-order valence-corrected chi connectivity index (χ4v) is 1.96. The standard InChI is InChI=1S/C14H18N2/c1-11-12(7-5-9-15-2)10-13-6-3-4-8-14(13)16-11/h3-4,6,8,10,15H,5,7,9H2,1-2H3. The van der Waals surface area contributed by atoms with Crippen LogP contribution in [0.25, 0.3) is 10.9 Å². The lowest BCUT2D eigenvalue weighted by Crippen LogP contribution is -2.09. The van der Waals surface area contributed by atoms with Crippen molar-refractivity contribution in [1.29, 1.82) is 0 Å². The Balaban J connectivity index is 2.27. The maximum atomic E-state index is 4.63. The zero-order chi connectivity index (χ0) is 11.4. The quantitative estimate of drug-likeness (QED) is 0.791. The summed E-state index contributed by atoms with van der Waals surface area (Å²) in [5, 5.41) is 4.42. The smallest absolute Gasteiger partial charge is 0.0705 e. The lowest BCUT2D eigenvalue weighted by atomic mass is 10.1. The van der Waals surface area contributed by atoms with Crippen LogP contribution in [0.1, 0.15) is 17.7 Å². The summed E-state index contributed by atoms with van der Waals surface area (Å²) >= 11 is 0. The van der Waals surface area contributed by atoms with E-state index >= 15 is 0 Å². The maximum absolute atomic E-state index is 4.63. The molecule has 0 fully saturated rings. The molecule has 2 nitrogen and oxygen atoms in total. The van der Waals surface area contributed by atoms with Gasteiger partial charge >= 0.3 is 0 Å². The minimum Gasteiger partial charge on any atom is -0.320 e. The fourth-order valence-electron chi connectivity index (χ4n) is 1.96. The Morgan fingerprint density at radius 1 is 1.25 bits per heavy atom. The average Bonchev–Trinajstić information content (AvgIpc) is 2.30. The normalized spacial score (nSPS) is 10.9. The molecule has 0 bridgehead atoms. The summed E-state index contributed by atoms with van der Waals surface area (Å²) in [4.78, 5) is 4.63. The number of fused-ring (bicyclic) bond motifs is 1. The van der Waals surface area contributed by atoms with Gasteiger partial charge in [0.25, 0.3) is 0 Å². The molecule has 2 aromatic rings. The lowest BCUT2D eigenvalue weighted by Gasteiger charge is -2.07. The predicted octanol–water partition coefficient (Wildman–Crippen LogP) is 2.70. The van der Waals surface area contributed by atoms with E-state index in [1.54, 1.807) is 0 Å². The molecule has 0 amide bonds. The summed E-state index contributed by atoms with van der Waals surface area (Å²) in [6, 6.07) is 10.6. The largest absolute Gasteiger partial charge is 0.320 e. The van der Waals surface area contributed by atoms with Gasteiger partial charge in [-0.15, -0.1) is 0 Å². The highest BCUT2D eigenvalue weighted by atomic mass is 14.8. The number of para-hydroxylation sites is 1. The molecule has 0 aliphatic rings. The summed E-state index contributed by atoms with van der Waals surface area (Å²) in [5.41, 5.74) is 3.63. The zero-order valence-electron chi connectivity index (χ0n) is 9.96. The molecule has 0 saturated carbocycles. The Morgan fingerprint density at radius 3 is 2.88 bits per heavy atom. The SMILES string of the molecule is CNCCCc1cc2ccccc2nc1C. The fraction of sp³-hybridized carbons (Fsp3) is 0.357. The second kappa shape index (κ2) is 5.08. The Labute approximate surface area is 96.7 Å². The van der Waals surface area contributed by atoms with E-state index in [1.165, 1.54) is 10.9 Å². The van der Waals surface area contributed by atoms with Gasteiger partial charge in [-0.2, -0.15) is 0 Å². The van der Waals surface area contributed by atoms with Crippen molar-refractivity contribution in [3.05, 3.63) is 41.6 Å². The van der Waals surface area contributed by atoms with Gasteiger partial charge in [0, 0.05) is 11.1 Å². The highest BCUT2D eigenvalue weighted by Crippen LogP contribution is 2.17. The van der Waals surface area contributed by atoms with Gasteiger partial charge in [-0.1, -0.05) is 18.2 Å². The van der Waals surface area contributed by atoms with Crippen LogP contribution in [0.5, 0.6) is 0 Å². The molecule has 1 N–H and O–H groups in total. The first-order chi connectivity index (χ1) is 7.81. The molecule has 16 heavy (non-hydrogen) atoms. The number of pyridine rings is 1. The predicted molar refractivity (Wildman–Crippen MR) is 68.7 cm³/mol. The summed E-state index contributed by atoms with van der Waals surface area (Å²) in [7, 11) is 1.99. The molecule has 2 rings (SSSR count). The number of nitrogens with one attached hydrogen (secondary N) is 1. The van der Waals surface area contributed by atoms with E-state index in [0.717, 1.165) is 30.6 Å². The van der Waals surface area contributed by atoms with Crippen molar-refractivity contribution < 1.29 is 0 Å². The van der Waals surface area contributed by atoms with Crippen LogP contribution in [0.2, 0.25) is 0 Å². The van der Waals surface area contributed by atoms with Crippen molar-refractivity contribution in [2.24, 2.45) is 0 Å². The first-order valence-electron chi connectivity index (χ1n) is 5.81. The van der Waals surface area contributed by atoms with Gasteiger partial charge in [-0.05, 0) is 51.1 Å². The number of nitrogens with zero attached hydrogens (tertiary/aromatic N) is 1. The number of benzene rings is 1. The molecule has 84 valence electrons. The van der Waals surface area contributed by atoms with E-state index in [9.17, 15) is 0 Å². The number of hydrogen-bond acceptors (Lipinski definition) is 2. The molecule has 1 aromatic heterocycles. The van der Waals surface area contributed by atoms with Crippen molar-refractivity contribution in [2.45, 2.75) is 19.8 Å². The van der Waals surface area contributed by atoms with E-state index in [0.29, 0.717) is 0 Å². The van der Waals surface area contributed by atoms with E-state index in [4.69, 9.17) is 0 Å². The monoisotopic (exact) mass is 214 g/mol. The summed E-state index contributed by atoms with van der Waals surface area (Å²) in [6.45, 7) is 3.16. The molecule has 0 spiro atoms. The van der Waals surface area contributed by atoms with E-state index < -0.39 is 0 Å². The molecule has 0 aliphatic carbocycles. The third kappa shape index (κ3) is 2.39. The van der Waals surface area contributed by atoms with Gasteiger partial charge in [-0.3, -0.25) is 4.98 Å². The molecule has 0 aliphatic heterocycles. The van der Waals surface area contributed by atoms with Crippen molar-refractivity contribution in [1.82, 2.24) is 10.3 Å². The third-order valence-corrected chi connectivity index (χ3v) is 2.89. The molecular formula is C14H18N2. The average molecular weight is 214 g/mol. The highest BCUT2D eigenvalue weighted by Gasteiger charge is 2.02. The van der Waals surface area contributed by atoms with Crippen LogP contribution in [-0.2, 0) is 6.42 Å². The van der Waals surface area contributed by atoms with E-state index in [1.807, 2.05) is 13.1 Å². The highest BCUT2D eigenvalue weighted by molar-refractivity contribution is 5.79. The molecule has 0 atom stereocenters. The number of hydrogen-bond donors (Lipinski definition) is 1. The van der Waals surface area contributed by atoms with Crippen LogP contribution in [0, 0.1) is 6.92 Å². The van der Waals surface area contributed by atoms with Gasteiger partial charge in [0.1, 0.15) is 0 Å². The van der Waals surface area contributed by atoms with Crippen LogP contribution < -0.4 is 5.32 Å². The molecule has 0 radical (unpaired) electrons. The third-order valence-electron chi connectivity index (χ3n) is 2.89. The van der Waals surface area contributed by atoms with Gasteiger partial charge in [0.05, 0.1) is 5.52 Å². The van der Waals surface area contributed by atoms with E-state index in [-0.39, 0.29) is 0 Å². The van der Waals surface area contributed by atoms with Crippen molar-refractivity contribution >= 4 is 10.9 Å². The molecule has 1 aromatic carbocycles. The van der Waals surface area contributed by atoms with Crippen LogP contribution in [0.4, 0.5) is 0 Å². The van der Waals surface area contributed by atoms with Crippen LogP contribution in [0.15, 0.2) is 30.3 Å². The molecule has 2 heteroatoms. The minimum absolute atomic E-state index is 1.06. The first kappa shape index (κ1) is 11.1. The maximum Gasteiger partial charge on any atom is 0.0705 e. The second-order valence-corrected chi connectivity index (χ2v) is 4.13. The molecule has 1 heterocycles. The van der Waals surface area contributed by atoms with Gasteiger partial charge < -0.3 is 5.32 Å². The number of aromatic nitrogens is 1. The number of aryl methyl sites for hydroxylation is 2. The van der Waals surface area contributed by atoms with Crippen molar-refractivity contribution in [3.8, 4) is 0 Å². The number of rotatable bonds is 4. The van der Waals surface area contributed by atoms with Gasteiger partial charge in [0.2, 0.25) is 0 Å². The van der Waals surface area contributed by atoms with Crippen molar-refractivity contribution in [3.63, 3.8) is 0 Å². The lowest BCUT2D eigenvalue weighted by molar-refractivity contribution is 0.721. The van der Waals surface area contributed by atoms with Crippen LogP contribution >= 0.6 is 0 Å². The summed E-state index contributed by atoms with van der Waals surface area (Å²) < 4.78 is 0. The Kier molecular flexibility index (Phi) is 3.52. The summed E-state index contributed by atoms with van der Waals surface area (Å²) in [6.07, 6.45) is 2.27. The molecule has 0 saturated heterocycles. The van der Waals surface area contributed by atoms with Gasteiger partial charge in [0.15, 0.2) is 0 Å². The van der Waals surface area contributed by atoms with E-state index in [2.05, 4.69) is 41.5 Å². The topological polar surface area (TPSA) is 24.9 Å². The van der Waals surface area contributed by atoms with Gasteiger partial charge in [-0.25, -0.2) is 0 Å². The van der Waals surface area contributed by atoms with Crippen molar-refractivity contribution in [2.75, 3.05) is 13.6 Å². The zero-order valence-corrected chi connectivity index (χ0v) is 9.96. The Morgan fingerprint density at radius 2 is 2.06 bits per heavy atom. The van der Waals surface area contributed by atoms with Crippen LogP contribution in [0.3, 0.4) is 0 Å². The second-order valence-electron chi connectivity index (χ2n) is 4.13. The summed E-state index contributed by atoms with van der Waals surface area (Å²) in [5.74, 6) is 0. The molecule has 0 unspecified atom stereocenters. The first-order valence-corrected chi connectivity index (χ1v) is 5.81.